The van der Waals surface area contributed by atoms with Crippen molar-refractivity contribution in [2.45, 2.75) is 0 Å². The smallest absolute Gasteiger partial charge is 0.116 e. The van der Waals surface area contributed by atoms with Gasteiger partial charge < -0.3 is 4.98 Å². The number of rotatable bonds is 3. The van der Waals surface area contributed by atoms with Crippen molar-refractivity contribution in [3.05, 3.63) is 79.6 Å². The van der Waals surface area contributed by atoms with Crippen LogP contribution in [0.5, 0.6) is 0 Å². The molecule has 6 aromatic rings. The van der Waals surface area contributed by atoms with E-state index < -0.39 is 0 Å². The fraction of sp³-hybridized carbons (Fsp3) is 0. The van der Waals surface area contributed by atoms with Crippen LogP contribution in [0, 0.1) is 0 Å². The average molecular weight is 389 g/mol. The van der Waals surface area contributed by atoms with Gasteiger partial charge in [0.15, 0.2) is 0 Å². The zero-order valence-corrected chi connectivity index (χ0v) is 15.7. The van der Waals surface area contributed by atoms with E-state index in [4.69, 9.17) is 0 Å². The molecule has 2 N–H and O–H groups in total. The largest absolute Gasteiger partial charge is 0.353 e. The molecular formula is C23H15N7. The van der Waals surface area contributed by atoms with Gasteiger partial charge in [0.05, 0.1) is 22.6 Å². The lowest BCUT2D eigenvalue weighted by atomic mass is 10.0. The summed E-state index contributed by atoms with van der Waals surface area (Å²) in [6.07, 6.45) is 8.72. The number of hydrogen-bond acceptors (Lipinski definition) is 5. The van der Waals surface area contributed by atoms with E-state index in [1.54, 1.807) is 12.4 Å². The quantitative estimate of drug-likeness (QED) is 0.460. The lowest BCUT2D eigenvalue weighted by Crippen LogP contribution is -1.86. The summed E-state index contributed by atoms with van der Waals surface area (Å²) in [5.74, 6) is 0. The Hall–Kier alpha value is -4.39. The summed E-state index contributed by atoms with van der Waals surface area (Å²) in [6, 6.07) is 16.1. The summed E-state index contributed by atoms with van der Waals surface area (Å²) < 4.78 is 0. The highest BCUT2D eigenvalue weighted by Crippen LogP contribution is 2.33. The molecule has 7 nitrogen and oxygen atoms in total. The minimum absolute atomic E-state index is 0.840. The molecule has 0 aliphatic heterocycles. The van der Waals surface area contributed by atoms with Crippen molar-refractivity contribution in [3.63, 3.8) is 0 Å². The summed E-state index contributed by atoms with van der Waals surface area (Å²) in [7, 11) is 0. The maximum Gasteiger partial charge on any atom is 0.116 e. The molecule has 5 aromatic heterocycles. The Labute approximate surface area is 170 Å². The first-order valence-electron chi connectivity index (χ1n) is 9.50. The molecule has 142 valence electrons. The van der Waals surface area contributed by atoms with Crippen LogP contribution in [0.15, 0.2) is 79.6 Å². The number of pyridine rings is 2. The predicted octanol–water partition coefficient (Wildman–Crippen LogP) is 4.63. The summed E-state index contributed by atoms with van der Waals surface area (Å²) in [6.45, 7) is 0. The Balaban J connectivity index is 1.52. The molecule has 1 aromatic carbocycles. The van der Waals surface area contributed by atoms with Crippen molar-refractivity contribution >= 4 is 21.8 Å². The van der Waals surface area contributed by atoms with Crippen LogP contribution in [0.2, 0.25) is 0 Å². The Bertz CT molecular complexity index is 1480. The second-order valence-corrected chi connectivity index (χ2v) is 6.98. The molecule has 6 rings (SSSR count). The molecule has 0 spiro atoms. The molecular weight excluding hydrogens is 374 g/mol. The average Bonchev–Trinajstić information content (AvgIpc) is 3.43. The number of H-pyrrole nitrogens is 2. The SMILES string of the molecule is c1ccc(-c2nccc3[nH]c(-c4n[nH]c5ccc(-c6cncnc6)cc45)cc23)nc1. The molecule has 0 saturated heterocycles. The van der Waals surface area contributed by atoms with Gasteiger partial charge in [0, 0.05) is 46.6 Å². The number of nitrogens with one attached hydrogen (secondary N) is 2. The van der Waals surface area contributed by atoms with Gasteiger partial charge in [-0.05, 0) is 42.0 Å². The number of fused-ring (bicyclic) bond motifs is 2. The molecule has 0 aliphatic carbocycles. The second-order valence-electron chi connectivity index (χ2n) is 6.98. The Morgan fingerprint density at radius 1 is 0.700 bits per heavy atom. The molecule has 0 saturated carbocycles. The number of hydrogen-bond donors (Lipinski definition) is 2. The summed E-state index contributed by atoms with van der Waals surface area (Å²) in [4.78, 5) is 20.8. The summed E-state index contributed by atoms with van der Waals surface area (Å²) in [5, 5.41) is 9.73. The number of aromatic amines is 2. The van der Waals surface area contributed by atoms with Crippen LogP contribution in [-0.4, -0.2) is 35.1 Å². The predicted molar refractivity (Wildman–Crippen MR) is 115 cm³/mol. The third kappa shape index (κ3) is 2.64. The van der Waals surface area contributed by atoms with Crippen LogP contribution in [-0.2, 0) is 0 Å². The normalized spacial score (nSPS) is 11.3. The summed E-state index contributed by atoms with van der Waals surface area (Å²) >= 11 is 0. The molecule has 5 heterocycles. The van der Waals surface area contributed by atoms with Crippen molar-refractivity contribution in [2.24, 2.45) is 0 Å². The van der Waals surface area contributed by atoms with Crippen LogP contribution in [0.25, 0.3) is 55.7 Å². The monoisotopic (exact) mass is 389 g/mol. The van der Waals surface area contributed by atoms with E-state index >= 15 is 0 Å². The Morgan fingerprint density at radius 3 is 2.47 bits per heavy atom. The molecule has 0 bridgehead atoms. The molecule has 30 heavy (non-hydrogen) atoms. The third-order valence-electron chi connectivity index (χ3n) is 5.17. The van der Waals surface area contributed by atoms with Crippen molar-refractivity contribution in [2.75, 3.05) is 0 Å². The first-order chi connectivity index (χ1) is 14.9. The van der Waals surface area contributed by atoms with Gasteiger partial charge in [-0.25, -0.2) is 9.97 Å². The van der Waals surface area contributed by atoms with E-state index in [1.807, 2.05) is 48.8 Å². The zero-order valence-electron chi connectivity index (χ0n) is 15.7. The van der Waals surface area contributed by atoms with E-state index in [-0.39, 0.29) is 0 Å². The van der Waals surface area contributed by atoms with Crippen LogP contribution in [0.1, 0.15) is 0 Å². The molecule has 0 amide bonds. The van der Waals surface area contributed by atoms with Gasteiger partial charge in [0.25, 0.3) is 0 Å². The standard InChI is InChI=1S/C23H15N7/c1-2-7-26-20(3-1)22-17-10-21(28-18(17)6-8-27-22)23-16-9-14(4-5-19(16)29-30-23)15-11-24-13-25-12-15/h1-13,28H,(H,29,30). The van der Waals surface area contributed by atoms with E-state index in [1.165, 1.54) is 6.33 Å². The maximum absolute atomic E-state index is 4.57. The van der Waals surface area contributed by atoms with Crippen LogP contribution in [0.4, 0.5) is 0 Å². The Morgan fingerprint density at radius 2 is 1.60 bits per heavy atom. The molecule has 0 atom stereocenters. The van der Waals surface area contributed by atoms with Gasteiger partial charge in [0.1, 0.15) is 12.0 Å². The van der Waals surface area contributed by atoms with Gasteiger partial charge in [-0.2, -0.15) is 5.10 Å². The van der Waals surface area contributed by atoms with Crippen molar-refractivity contribution in [3.8, 4) is 33.9 Å². The minimum Gasteiger partial charge on any atom is -0.353 e. The molecule has 0 unspecified atom stereocenters. The highest BCUT2D eigenvalue weighted by atomic mass is 15.1. The third-order valence-corrected chi connectivity index (χ3v) is 5.17. The maximum atomic E-state index is 4.57. The minimum atomic E-state index is 0.840. The molecule has 0 radical (unpaired) electrons. The van der Waals surface area contributed by atoms with E-state index in [0.717, 1.165) is 55.7 Å². The van der Waals surface area contributed by atoms with Gasteiger partial charge in [0.2, 0.25) is 0 Å². The van der Waals surface area contributed by atoms with Gasteiger partial charge >= 0.3 is 0 Å². The zero-order chi connectivity index (χ0) is 19.9. The fourth-order valence-electron chi connectivity index (χ4n) is 3.74. The lowest BCUT2D eigenvalue weighted by molar-refractivity contribution is 1.12. The number of aromatic nitrogens is 7. The lowest BCUT2D eigenvalue weighted by Gasteiger charge is -2.01. The van der Waals surface area contributed by atoms with Crippen LogP contribution < -0.4 is 0 Å². The second kappa shape index (κ2) is 6.59. The highest BCUT2D eigenvalue weighted by Gasteiger charge is 2.15. The molecule has 7 heteroatoms. The van der Waals surface area contributed by atoms with E-state index in [0.29, 0.717) is 0 Å². The number of nitrogens with zero attached hydrogens (tertiary/aromatic N) is 5. The fourth-order valence-corrected chi connectivity index (χ4v) is 3.74. The summed E-state index contributed by atoms with van der Waals surface area (Å²) in [5.41, 5.74) is 7.42. The van der Waals surface area contributed by atoms with Crippen LogP contribution >= 0.6 is 0 Å². The van der Waals surface area contributed by atoms with E-state index in [9.17, 15) is 0 Å². The van der Waals surface area contributed by atoms with Crippen molar-refractivity contribution < 1.29 is 0 Å². The van der Waals surface area contributed by atoms with Crippen molar-refractivity contribution in [1.29, 1.82) is 0 Å². The van der Waals surface area contributed by atoms with Crippen molar-refractivity contribution in [1.82, 2.24) is 35.1 Å². The Kier molecular flexibility index (Phi) is 3.64. The molecule has 0 aliphatic rings. The topological polar surface area (TPSA) is 96.0 Å². The van der Waals surface area contributed by atoms with Gasteiger partial charge in [-0.3, -0.25) is 15.1 Å². The molecule has 0 fully saturated rings. The number of benzene rings is 1. The first kappa shape index (κ1) is 16.6. The van der Waals surface area contributed by atoms with Crippen LogP contribution in [0.3, 0.4) is 0 Å². The first-order valence-corrected chi connectivity index (χ1v) is 9.50. The highest BCUT2D eigenvalue weighted by molar-refractivity contribution is 6.00. The van der Waals surface area contributed by atoms with E-state index in [2.05, 4.69) is 47.2 Å². The van der Waals surface area contributed by atoms with Gasteiger partial charge in [-0.15, -0.1) is 0 Å². The van der Waals surface area contributed by atoms with Gasteiger partial charge in [-0.1, -0.05) is 12.1 Å².